The second-order valence-corrected chi connectivity index (χ2v) is 4.01. The average molecular weight is 266 g/mol. The lowest BCUT2D eigenvalue weighted by molar-refractivity contribution is 0.0472. The molecule has 3 nitrogen and oxygen atoms in total. The average Bonchev–Trinajstić information content (AvgIpc) is 2.37. The van der Waals surface area contributed by atoms with Crippen LogP contribution in [0.25, 0.3) is 0 Å². The van der Waals surface area contributed by atoms with Gasteiger partial charge >= 0.3 is 5.97 Å². The summed E-state index contributed by atoms with van der Waals surface area (Å²) in [6.07, 6.45) is 1.13. The van der Waals surface area contributed by atoms with Crippen LogP contribution >= 0.6 is 11.6 Å². The molecule has 92 valence electrons. The lowest BCUT2D eigenvalue weighted by atomic mass is 10.2. The first-order chi connectivity index (χ1) is 8.65. The normalized spacial score (nSPS) is 10.1. The summed E-state index contributed by atoms with van der Waals surface area (Å²) in [5.41, 5.74) is 0.990. The SMILES string of the molecule is O=C(OCc1cccc(Cl)c1)c1ccc(F)nc1. The van der Waals surface area contributed by atoms with E-state index in [1.54, 1.807) is 24.3 Å². The molecule has 0 amide bonds. The second kappa shape index (κ2) is 5.60. The highest BCUT2D eigenvalue weighted by atomic mass is 35.5. The van der Waals surface area contributed by atoms with Gasteiger partial charge in [0.05, 0.1) is 5.56 Å². The summed E-state index contributed by atoms with van der Waals surface area (Å²) in [6, 6.07) is 9.43. The number of ether oxygens (including phenoxy) is 1. The third-order valence-electron chi connectivity index (χ3n) is 2.22. The van der Waals surface area contributed by atoms with E-state index in [1.165, 1.54) is 6.07 Å². The third kappa shape index (κ3) is 3.28. The fraction of sp³-hybridized carbons (Fsp3) is 0.0769. The summed E-state index contributed by atoms with van der Waals surface area (Å²) in [5.74, 6) is -1.19. The fourth-order valence-electron chi connectivity index (χ4n) is 1.36. The smallest absolute Gasteiger partial charge is 0.340 e. The van der Waals surface area contributed by atoms with Gasteiger partial charge in [0.25, 0.3) is 0 Å². The lowest BCUT2D eigenvalue weighted by Gasteiger charge is -2.04. The van der Waals surface area contributed by atoms with Crippen molar-refractivity contribution in [1.82, 2.24) is 4.98 Å². The largest absolute Gasteiger partial charge is 0.457 e. The van der Waals surface area contributed by atoms with Crippen LogP contribution < -0.4 is 0 Å². The number of halogens is 2. The van der Waals surface area contributed by atoms with Gasteiger partial charge in [-0.05, 0) is 29.8 Å². The fourth-order valence-corrected chi connectivity index (χ4v) is 1.57. The first-order valence-corrected chi connectivity index (χ1v) is 5.56. The molecule has 5 heteroatoms. The van der Waals surface area contributed by atoms with Crippen LogP contribution in [-0.4, -0.2) is 11.0 Å². The van der Waals surface area contributed by atoms with E-state index in [4.69, 9.17) is 16.3 Å². The van der Waals surface area contributed by atoms with Crippen LogP contribution in [0.15, 0.2) is 42.6 Å². The zero-order chi connectivity index (χ0) is 13.0. The molecule has 0 N–H and O–H groups in total. The molecule has 0 aliphatic carbocycles. The first-order valence-electron chi connectivity index (χ1n) is 5.18. The van der Waals surface area contributed by atoms with Crippen molar-refractivity contribution in [2.45, 2.75) is 6.61 Å². The topological polar surface area (TPSA) is 39.2 Å². The van der Waals surface area contributed by atoms with Gasteiger partial charge in [-0.25, -0.2) is 9.78 Å². The number of aromatic nitrogens is 1. The van der Waals surface area contributed by atoms with Crippen molar-refractivity contribution < 1.29 is 13.9 Å². The minimum absolute atomic E-state index is 0.108. The molecule has 1 heterocycles. The maximum Gasteiger partial charge on any atom is 0.340 e. The molecule has 0 spiro atoms. The summed E-state index contributed by atoms with van der Waals surface area (Å²) in [4.78, 5) is 15.0. The van der Waals surface area contributed by atoms with Crippen molar-refractivity contribution in [1.29, 1.82) is 0 Å². The Balaban J connectivity index is 1.98. The third-order valence-corrected chi connectivity index (χ3v) is 2.46. The number of hydrogen-bond acceptors (Lipinski definition) is 3. The van der Waals surface area contributed by atoms with Gasteiger partial charge in [-0.3, -0.25) is 0 Å². The van der Waals surface area contributed by atoms with Crippen LogP contribution in [0.1, 0.15) is 15.9 Å². The van der Waals surface area contributed by atoms with Crippen LogP contribution in [0.4, 0.5) is 4.39 Å². The molecule has 0 fully saturated rings. The Labute approximate surface area is 108 Å². The van der Waals surface area contributed by atoms with Crippen molar-refractivity contribution in [3.63, 3.8) is 0 Å². The van der Waals surface area contributed by atoms with Gasteiger partial charge in [0.1, 0.15) is 6.61 Å². The summed E-state index contributed by atoms with van der Waals surface area (Å²) in [5, 5.41) is 0.576. The summed E-state index contributed by atoms with van der Waals surface area (Å²) < 4.78 is 17.6. The summed E-state index contributed by atoms with van der Waals surface area (Å²) in [6.45, 7) is 0.108. The van der Waals surface area contributed by atoms with Gasteiger partial charge in [-0.15, -0.1) is 0 Å². The van der Waals surface area contributed by atoms with E-state index in [2.05, 4.69) is 4.98 Å². The number of pyridine rings is 1. The van der Waals surface area contributed by atoms with E-state index < -0.39 is 11.9 Å². The van der Waals surface area contributed by atoms with Crippen LogP contribution in [0.3, 0.4) is 0 Å². The Morgan fingerprint density at radius 1 is 1.33 bits per heavy atom. The molecule has 2 rings (SSSR count). The molecule has 18 heavy (non-hydrogen) atoms. The Kier molecular flexibility index (Phi) is 3.89. The lowest BCUT2D eigenvalue weighted by Crippen LogP contribution is -2.05. The Morgan fingerprint density at radius 3 is 2.83 bits per heavy atom. The maximum atomic E-state index is 12.6. The molecule has 0 saturated heterocycles. The Hall–Kier alpha value is -1.94. The van der Waals surface area contributed by atoms with Crippen molar-refractivity contribution in [3.05, 3.63) is 64.7 Å². The van der Waals surface area contributed by atoms with Crippen molar-refractivity contribution >= 4 is 17.6 Å². The number of carbonyl (C=O) groups excluding carboxylic acids is 1. The minimum atomic E-state index is -0.638. The van der Waals surface area contributed by atoms with Gasteiger partial charge in [0.15, 0.2) is 0 Å². The molecule has 0 unspecified atom stereocenters. The molecule has 2 aromatic rings. The van der Waals surface area contributed by atoms with Crippen molar-refractivity contribution in [2.24, 2.45) is 0 Å². The van der Waals surface area contributed by atoms with Crippen molar-refractivity contribution in [3.8, 4) is 0 Å². The molecule has 0 aliphatic heterocycles. The van der Waals surface area contributed by atoms with Gasteiger partial charge in [-0.2, -0.15) is 4.39 Å². The number of carbonyl (C=O) groups is 1. The molecular formula is C13H9ClFNO2. The number of benzene rings is 1. The van der Waals surface area contributed by atoms with Gasteiger partial charge in [0, 0.05) is 11.2 Å². The minimum Gasteiger partial charge on any atom is -0.457 e. The zero-order valence-corrected chi connectivity index (χ0v) is 10.0. The molecule has 0 saturated carbocycles. The first kappa shape index (κ1) is 12.5. The molecule has 0 aliphatic rings. The molecule has 0 bridgehead atoms. The highest BCUT2D eigenvalue weighted by Gasteiger charge is 2.08. The van der Waals surface area contributed by atoms with E-state index in [0.29, 0.717) is 5.02 Å². The second-order valence-electron chi connectivity index (χ2n) is 3.58. The zero-order valence-electron chi connectivity index (χ0n) is 9.27. The van der Waals surface area contributed by atoms with Gasteiger partial charge in [-0.1, -0.05) is 23.7 Å². The van der Waals surface area contributed by atoms with Crippen LogP contribution in [0.2, 0.25) is 5.02 Å². The number of esters is 1. The van der Waals surface area contributed by atoms with E-state index in [0.717, 1.165) is 17.8 Å². The molecule has 0 radical (unpaired) electrons. The Morgan fingerprint density at radius 2 is 2.17 bits per heavy atom. The van der Waals surface area contributed by atoms with Crippen LogP contribution in [-0.2, 0) is 11.3 Å². The van der Waals surface area contributed by atoms with E-state index >= 15 is 0 Å². The van der Waals surface area contributed by atoms with E-state index in [9.17, 15) is 9.18 Å². The van der Waals surface area contributed by atoms with Crippen LogP contribution in [0, 0.1) is 5.95 Å². The summed E-state index contributed by atoms with van der Waals surface area (Å²) in [7, 11) is 0. The monoisotopic (exact) mass is 265 g/mol. The maximum absolute atomic E-state index is 12.6. The van der Waals surface area contributed by atoms with E-state index in [-0.39, 0.29) is 12.2 Å². The number of nitrogens with zero attached hydrogens (tertiary/aromatic N) is 1. The summed E-state index contributed by atoms with van der Waals surface area (Å²) >= 11 is 5.80. The Bertz CT molecular complexity index is 557. The molecule has 1 aromatic carbocycles. The predicted octanol–water partition coefficient (Wildman–Crippen LogP) is 3.23. The number of rotatable bonds is 3. The molecule has 1 aromatic heterocycles. The highest BCUT2D eigenvalue weighted by Crippen LogP contribution is 2.12. The predicted molar refractivity (Wildman–Crippen MR) is 64.8 cm³/mol. The quantitative estimate of drug-likeness (QED) is 0.632. The van der Waals surface area contributed by atoms with Gasteiger partial charge < -0.3 is 4.74 Å². The molecular weight excluding hydrogens is 257 g/mol. The van der Waals surface area contributed by atoms with Crippen molar-refractivity contribution in [2.75, 3.05) is 0 Å². The van der Waals surface area contributed by atoms with Crippen LogP contribution in [0.5, 0.6) is 0 Å². The molecule has 0 atom stereocenters. The number of hydrogen-bond donors (Lipinski definition) is 0. The van der Waals surface area contributed by atoms with E-state index in [1.807, 2.05) is 0 Å². The standard InChI is InChI=1S/C13H9ClFNO2/c14-11-3-1-2-9(6-11)8-18-13(17)10-4-5-12(15)16-7-10/h1-7H,8H2. The van der Waals surface area contributed by atoms with Gasteiger partial charge in [0.2, 0.25) is 5.95 Å². The highest BCUT2D eigenvalue weighted by molar-refractivity contribution is 6.30.